The van der Waals surface area contributed by atoms with Crippen LogP contribution in [0.1, 0.15) is 28.8 Å². The van der Waals surface area contributed by atoms with E-state index in [1.165, 1.54) is 32.0 Å². The predicted molar refractivity (Wildman–Crippen MR) is 104 cm³/mol. The molecule has 1 N–H and O–H groups in total. The van der Waals surface area contributed by atoms with E-state index in [1.54, 1.807) is 24.3 Å². The number of rotatable bonds is 5. The van der Waals surface area contributed by atoms with E-state index >= 15 is 0 Å². The molecular formula is C21H23FN4O. The molecule has 4 rings (SSSR count). The van der Waals surface area contributed by atoms with Crippen LogP contribution in [0.15, 0.2) is 42.7 Å². The minimum Gasteiger partial charge on any atom is -0.329 e. The Balaban J connectivity index is 1.48. The zero-order chi connectivity index (χ0) is 18.8. The van der Waals surface area contributed by atoms with Crippen molar-refractivity contribution in [2.75, 3.05) is 25.0 Å². The lowest BCUT2D eigenvalue weighted by atomic mass is 10.1. The van der Waals surface area contributed by atoms with E-state index in [0.717, 1.165) is 29.7 Å². The van der Waals surface area contributed by atoms with E-state index in [1.807, 2.05) is 19.3 Å². The number of hydrogen-bond donors (Lipinski definition) is 1. The fourth-order valence-electron chi connectivity index (χ4n) is 3.55. The third-order valence-electron chi connectivity index (χ3n) is 5.11. The Hall–Kier alpha value is -2.73. The molecule has 27 heavy (non-hydrogen) atoms. The van der Waals surface area contributed by atoms with Gasteiger partial charge in [0.25, 0.3) is 5.91 Å². The zero-order valence-corrected chi connectivity index (χ0v) is 15.4. The number of halogens is 1. The normalized spacial score (nSPS) is 14.7. The Labute approximate surface area is 157 Å². The number of benzene rings is 2. The Morgan fingerprint density at radius 2 is 1.96 bits per heavy atom. The summed E-state index contributed by atoms with van der Waals surface area (Å²) in [6, 6.07) is 10.2. The molecule has 1 saturated heterocycles. The summed E-state index contributed by atoms with van der Waals surface area (Å²) in [6.07, 6.45) is 4.39. The lowest BCUT2D eigenvalue weighted by molar-refractivity contribution is 0.102. The molecule has 1 amide bonds. The van der Waals surface area contributed by atoms with Crippen LogP contribution in [0.3, 0.4) is 0 Å². The van der Waals surface area contributed by atoms with Gasteiger partial charge in [-0.2, -0.15) is 0 Å². The van der Waals surface area contributed by atoms with Crippen LogP contribution in [0.5, 0.6) is 0 Å². The van der Waals surface area contributed by atoms with Crippen LogP contribution in [0, 0.1) is 12.7 Å². The van der Waals surface area contributed by atoms with Gasteiger partial charge in [0.15, 0.2) is 0 Å². The number of nitrogens with one attached hydrogen (secondary N) is 1. The standard InChI is InChI=1S/C21H23FN4O/c1-15-4-6-18(17(22)12-15)24-21(27)16-5-7-20-19(13-16)23-14-26(20)11-10-25-8-2-3-9-25/h4-7,12-14H,2-3,8-11H2,1H3,(H,24,27). The maximum atomic E-state index is 14.0. The maximum absolute atomic E-state index is 14.0. The van der Waals surface area contributed by atoms with Gasteiger partial charge in [-0.15, -0.1) is 0 Å². The van der Waals surface area contributed by atoms with Gasteiger partial charge in [-0.3, -0.25) is 4.79 Å². The maximum Gasteiger partial charge on any atom is 0.255 e. The van der Waals surface area contributed by atoms with E-state index in [2.05, 4.69) is 19.8 Å². The molecular weight excluding hydrogens is 343 g/mol. The predicted octanol–water partition coefficient (Wildman–Crippen LogP) is 3.83. The van der Waals surface area contributed by atoms with Crippen molar-refractivity contribution >= 4 is 22.6 Å². The highest BCUT2D eigenvalue weighted by atomic mass is 19.1. The van der Waals surface area contributed by atoms with E-state index in [4.69, 9.17) is 0 Å². The number of hydrogen-bond acceptors (Lipinski definition) is 3. The summed E-state index contributed by atoms with van der Waals surface area (Å²) in [5, 5.41) is 2.63. The molecule has 0 saturated carbocycles. The van der Waals surface area contributed by atoms with Crippen molar-refractivity contribution in [2.24, 2.45) is 0 Å². The van der Waals surface area contributed by atoms with Crippen LogP contribution in [-0.2, 0) is 6.54 Å². The number of nitrogens with zero attached hydrogens (tertiary/aromatic N) is 3. The molecule has 0 spiro atoms. The third kappa shape index (κ3) is 3.85. The number of amides is 1. The Kier molecular flexibility index (Phi) is 4.90. The molecule has 0 aliphatic carbocycles. The minimum absolute atomic E-state index is 0.182. The van der Waals surface area contributed by atoms with Gasteiger partial charge in [0.2, 0.25) is 0 Å². The molecule has 3 aromatic rings. The number of aryl methyl sites for hydroxylation is 1. The molecule has 5 nitrogen and oxygen atoms in total. The van der Waals surface area contributed by atoms with Gasteiger partial charge in [-0.05, 0) is 68.8 Å². The molecule has 1 aliphatic heterocycles. The van der Waals surface area contributed by atoms with Crippen molar-refractivity contribution in [2.45, 2.75) is 26.3 Å². The monoisotopic (exact) mass is 366 g/mol. The van der Waals surface area contributed by atoms with Crippen molar-refractivity contribution in [3.63, 3.8) is 0 Å². The number of anilines is 1. The number of fused-ring (bicyclic) bond motifs is 1. The molecule has 1 aromatic heterocycles. The highest BCUT2D eigenvalue weighted by molar-refractivity contribution is 6.06. The van der Waals surface area contributed by atoms with Crippen molar-refractivity contribution in [1.29, 1.82) is 0 Å². The lowest BCUT2D eigenvalue weighted by Crippen LogP contribution is -2.23. The smallest absolute Gasteiger partial charge is 0.255 e. The fraction of sp³-hybridized carbons (Fsp3) is 0.333. The SMILES string of the molecule is Cc1ccc(NC(=O)c2ccc3c(c2)ncn3CCN2CCCC2)c(F)c1. The quantitative estimate of drug-likeness (QED) is 0.747. The molecule has 0 bridgehead atoms. The van der Waals surface area contributed by atoms with E-state index in [9.17, 15) is 9.18 Å². The summed E-state index contributed by atoms with van der Waals surface area (Å²) in [5.74, 6) is -0.776. The first-order valence-electron chi connectivity index (χ1n) is 9.35. The van der Waals surface area contributed by atoms with Crippen LogP contribution in [0.4, 0.5) is 10.1 Å². The van der Waals surface area contributed by atoms with Gasteiger partial charge in [-0.1, -0.05) is 6.07 Å². The molecule has 1 fully saturated rings. The van der Waals surface area contributed by atoms with Crippen LogP contribution >= 0.6 is 0 Å². The molecule has 2 aromatic carbocycles. The topological polar surface area (TPSA) is 50.2 Å². The molecule has 1 aliphatic rings. The van der Waals surface area contributed by atoms with Gasteiger partial charge in [-0.25, -0.2) is 9.37 Å². The summed E-state index contributed by atoms with van der Waals surface area (Å²) in [6.45, 7) is 6.05. The molecule has 140 valence electrons. The van der Waals surface area contributed by atoms with Crippen LogP contribution in [0.25, 0.3) is 11.0 Å². The van der Waals surface area contributed by atoms with Gasteiger partial charge in [0, 0.05) is 18.7 Å². The second-order valence-corrected chi connectivity index (χ2v) is 7.13. The Bertz CT molecular complexity index is 975. The Morgan fingerprint density at radius 1 is 1.15 bits per heavy atom. The molecule has 6 heteroatoms. The van der Waals surface area contributed by atoms with Crippen LogP contribution in [-0.4, -0.2) is 40.0 Å². The van der Waals surface area contributed by atoms with Gasteiger partial charge in [0.05, 0.1) is 23.0 Å². The third-order valence-corrected chi connectivity index (χ3v) is 5.11. The summed E-state index contributed by atoms with van der Waals surface area (Å²) in [4.78, 5) is 19.4. The largest absolute Gasteiger partial charge is 0.329 e. The number of carbonyl (C=O) groups is 1. The average Bonchev–Trinajstić information content (AvgIpc) is 3.31. The second-order valence-electron chi connectivity index (χ2n) is 7.13. The minimum atomic E-state index is -0.435. The zero-order valence-electron chi connectivity index (χ0n) is 15.4. The number of likely N-dealkylation sites (tertiary alicyclic amines) is 1. The van der Waals surface area contributed by atoms with Crippen molar-refractivity contribution in [3.8, 4) is 0 Å². The number of imidazole rings is 1. The van der Waals surface area contributed by atoms with E-state index < -0.39 is 5.82 Å². The van der Waals surface area contributed by atoms with Gasteiger partial charge < -0.3 is 14.8 Å². The lowest BCUT2D eigenvalue weighted by Gasteiger charge is -2.15. The first kappa shape index (κ1) is 17.7. The Morgan fingerprint density at radius 3 is 2.74 bits per heavy atom. The van der Waals surface area contributed by atoms with Crippen molar-refractivity contribution < 1.29 is 9.18 Å². The van der Waals surface area contributed by atoms with Crippen LogP contribution < -0.4 is 5.32 Å². The van der Waals surface area contributed by atoms with Crippen molar-refractivity contribution in [1.82, 2.24) is 14.5 Å². The second kappa shape index (κ2) is 7.48. The summed E-state index contributed by atoms with van der Waals surface area (Å²) in [5.41, 5.74) is 3.24. The van der Waals surface area contributed by atoms with Gasteiger partial charge in [0.1, 0.15) is 5.82 Å². The molecule has 0 atom stereocenters. The number of aromatic nitrogens is 2. The fourth-order valence-corrected chi connectivity index (χ4v) is 3.55. The van der Waals surface area contributed by atoms with Crippen molar-refractivity contribution in [3.05, 3.63) is 59.7 Å². The molecule has 2 heterocycles. The summed E-state index contributed by atoms with van der Waals surface area (Å²) < 4.78 is 16.1. The highest BCUT2D eigenvalue weighted by Gasteiger charge is 2.14. The summed E-state index contributed by atoms with van der Waals surface area (Å²) in [7, 11) is 0. The van der Waals surface area contributed by atoms with E-state index in [0.29, 0.717) is 5.56 Å². The molecule has 0 radical (unpaired) electrons. The highest BCUT2D eigenvalue weighted by Crippen LogP contribution is 2.19. The van der Waals surface area contributed by atoms with E-state index in [-0.39, 0.29) is 11.6 Å². The summed E-state index contributed by atoms with van der Waals surface area (Å²) >= 11 is 0. The average molecular weight is 366 g/mol. The van der Waals surface area contributed by atoms with Gasteiger partial charge >= 0.3 is 0 Å². The first-order chi connectivity index (χ1) is 13.1. The molecule has 0 unspecified atom stereocenters. The van der Waals surface area contributed by atoms with Crippen LogP contribution in [0.2, 0.25) is 0 Å². The number of carbonyl (C=O) groups excluding carboxylic acids is 1. The first-order valence-corrected chi connectivity index (χ1v) is 9.35.